The van der Waals surface area contributed by atoms with Gasteiger partial charge in [0.05, 0.1) is 12.7 Å². The molecule has 1 unspecified atom stereocenters. The monoisotopic (exact) mass is 240 g/mol. The lowest BCUT2D eigenvalue weighted by atomic mass is 10.1. The van der Waals surface area contributed by atoms with Crippen LogP contribution in [0.2, 0.25) is 0 Å². The molecule has 1 N–H and O–H groups in total. The van der Waals surface area contributed by atoms with E-state index < -0.39 is 5.97 Å². The van der Waals surface area contributed by atoms with Gasteiger partial charge in [-0.15, -0.1) is 5.10 Å². The summed E-state index contributed by atoms with van der Waals surface area (Å²) in [4.78, 5) is 12.9. The summed E-state index contributed by atoms with van der Waals surface area (Å²) in [5, 5.41) is 16.1. The van der Waals surface area contributed by atoms with Crippen LogP contribution >= 0.6 is 0 Å². The number of carbonyl (C=O) groups is 1. The predicted molar refractivity (Wildman–Crippen MR) is 63.9 cm³/mol. The van der Waals surface area contributed by atoms with Crippen molar-refractivity contribution in [2.45, 2.75) is 33.4 Å². The first-order valence-corrected chi connectivity index (χ1v) is 5.75. The topological polar surface area (TPSA) is 71.2 Å². The van der Waals surface area contributed by atoms with E-state index in [0.717, 1.165) is 6.54 Å². The van der Waals surface area contributed by atoms with Gasteiger partial charge < -0.3 is 10.0 Å². The average Bonchev–Trinajstić information content (AvgIpc) is 2.73. The SMILES string of the molecule is CC(C)C(C)N(C)CCn1cc(C(=O)O)nn1. The van der Waals surface area contributed by atoms with Crippen LogP contribution in [0.1, 0.15) is 31.3 Å². The number of rotatable bonds is 6. The van der Waals surface area contributed by atoms with Gasteiger partial charge in [0.25, 0.3) is 0 Å². The third-order valence-corrected chi connectivity index (χ3v) is 3.10. The van der Waals surface area contributed by atoms with Crippen LogP contribution in [0.5, 0.6) is 0 Å². The van der Waals surface area contributed by atoms with E-state index in [1.54, 1.807) is 4.68 Å². The summed E-state index contributed by atoms with van der Waals surface area (Å²) in [5.41, 5.74) is -0.00967. The molecule has 0 aliphatic heterocycles. The normalized spacial score (nSPS) is 13.3. The van der Waals surface area contributed by atoms with Gasteiger partial charge in [-0.3, -0.25) is 4.68 Å². The molecule has 17 heavy (non-hydrogen) atoms. The third-order valence-electron chi connectivity index (χ3n) is 3.10. The molecule has 1 rings (SSSR count). The fourth-order valence-corrected chi connectivity index (χ4v) is 1.48. The fourth-order valence-electron chi connectivity index (χ4n) is 1.48. The number of hydrogen-bond acceptors (Lipinski definition) is 4. The summed E-state index contributed by atoms with van der Waals surface area (Å²) in [6.45, 7) is 8.00. The highest BCUT2D eigenvalue weighted by molar-refractivity contribution is 5.84. The van der Waals surface area contributed by atoms with Gasteiger partial charge in [-0.25, -0.2) is 4.79 Å². The molecule has 0 aromatic carbocycles. The highest BCUT2D eigenvalue weighted by Gasteiger charge is 2.13. The zero-order valence-electron chi connectivity index (χ0n) is 10.8. The number of likely N-dealkylation sites (N-methyl/N-ethyl adjacent to an activating group) is 1. The molecule has 0 aliphatic carbocycles. The zero-order valence-corrected chi connectivity index (χ0v) is 10.8. The summed E-state index contributed by atoms with van der Waals surface area (Å²) >= 11 is 0. The molecule has 0 spiro atoms. The van der Waals surface area contributed by atoms with Gasteiger partial charge in [-0.2, -0.15) is 0 Å². The Bertz CT molecular complexity index is 375. The Kier molecular flexibility index (Phi) is 4.62. The lowest BCUT2D eigenvalue weighted by Gasteiger charge is -2.27. The standard InChI is InChI=1S/C11H20N4O2/c1-8(2)9(3)14(4)5-6-15-7-10(11(16)17)12-13-15/h7-9H,5-6H2,1-4H3,(H,16,17). The summed E-state index contributed by atoms with van der Waals surface area (Å²) < 4.78 is 1.56. The molecule has 0 saturated carbocycles. The van der Waals surface area contributed by atoms with Crippen molar-refractivity contribution >= 4 is 5.97 Å². The highest BCUT2D eigenvalue weighted by Crippen LogP contribution is 2.07. The number of carboxylic acid groups (broad SMARTS) is 1. The van der Waals surface area contributed by atoms with Crippen LogP contribution in [-0.2, 0) is 6.54 Å². The van der Waals surface area contributed by atoms with Gasteiger partial charge in [0.1, 0.15) is 0 Å². The van der Waals surface area contributed by atoms with Gasteiger partial charge >= 0.3 is 5.97 Å². The van der Waals surface area contributed by atoms with Crippen LogP contribution in [0.15, 0.2) is 6.20 Å². The molecule has 1 aromatic rings. The lowest BCUT2D eigenvalue weighted by Crippen LogP contribution is -2.35. The van der Waals surface area contributed by atoms with E-state index in [4.69, 9.17) is 5.11 Å². The Morgan fingerprint density at radius 2 is 2.18 bits per heavy atom. The molecule has 0 saturated heterocycles. The molecule has 1 aromatic heterocycles. The number of hydrogen-bond donors (Lipinski definition) is 1. The van der Waals surface area contributed by atoms with E-state index in [-0.39, 0.29) is 5.69 Å². The van der Waals surface area contributed by atoms with Gasteiger partial charge in [0, 0.05) is 12.6 Å². The van der Waals surface area contributed by atoms with Crippen molar-refractivity contribution < 1.29 is 9.90 Å². The van der Waals surface area contributed by atoms with Crippen LogP contribution in [0, 0.1) is 5.92 Å². The van der Waals surface area contributed by atoms with E-state index >= 15 is 0 Å². The van der Waals surface area contributed by atoms with E-state index in [2.05, 4.69) is 43.0 Å². The van der Waals surface area contributed by atoms with Gasteiger partial charge in [0.15, 0.2) is 5.69 Å². The first-order chi connectivity index (χ1) is 7.91. The molecule has 0 aliphatic rings. The Morgan fingerprint density at radius 1 is 1.53 bits per heavy atom. The van der Waals surface area contributed by atoms with E-state index in [9.17, 15) is 4.79 Å². The third kappa shape index (κ3) is 3.81. The number of carboxylic acids is 1. The Morgan fingerprint density at radius 3 is 2.65 bits per heavy atom. The van der Waals surface area contributed by atoms with Crippen LogP contribution in [0.3, 0.4) is 0 Å². The van der Waals surface area contributed by atoms with Crippen LogP contribution in [0.4, 0.5) is 0 Å². The second-order valence-electron chi connectivity index (χ2n) is 4.64. The quantitative estimate of drug-likeness (QED) is 0.801. The first kappa shape index (κ1) is 13.6. The largest absolute Gasteiger partial charge is 0.476 e. The summed E-state index contributed by atoms with van der Waals surface area (Å²) in [6, 6.07) is 0.484. The molecule has 0 amide bonds. The molecule has 0 bridgehead atoms. The maximum absolute atomic E-state index is 10.6. The minimum atomic E-state index is -1.04. The van der Waals surface area contributed by atoms with Crippen molar-refractivity contribution in [3.63, 3.8) is 0 Å². The molecule has 1 heterocycles. The highest BCUT2D eigenvalue weighted by atomic mass is 16.4. The van der Waals surface area contributed by atoms with Crippen molar-refractivity contribution in [3.05, 3.63) is 11.9 Å². The smallest absolute Gasteiger partial charge is 0.358 e. The predicted octanol–water partition coefficient (Wildman–Crippen LogP) is 0.953. The first-order valence-electron chi connectivity index (χ1n) is 5.75. The van der Waals surface area contributed by atoms with Crippen molar-refractivity contribution in [1.29, 1.82) is 0 Å². The Hall–Kier alpha value is -1.43. The van der Waals surface area contributed by atoms with Crippen molar-refractivity contribution in [2.75, 3.05) is 13.6 Å². The second-order valence-corrected chi connectivity index (χ2v) is 4.64. The second kappa shape index (κ2) is 5.77. The Labute approximate surface area is 101 Å². The van der Waals surface area contributed by atoms with Crippen molar-refractivity contribution in [2.24, 2.45) is 5.92 Å². The van der Waals surface area contributed by atoms with Crippen LogP contribution < -0.4 is 0 Å². The van der Waals surface area contributed by atoms with E-state index in [1.807, 2.05) is 0 Å². The molecule has 6 heteroatoms. The van der Waals surface area contributed by atoms with Crippen molar-refractivity contribution in [3.8, 4) is 0 Å². The minimum Gasteiger partial charge on any atom is -0.476 e. The van der Waals surface area contributed by atoms with Gasteiger partial charge in [-0.1, -0.05) is 19.1 Å². The molecular weight excluding hydrogens is 220 g/mol. The average molecular weight is 240 g/mol. The molecule has 0 fully saturated rings. The molecule has 6 nitrogen and oxygen atoms in total. The van der Waals surface area contributed by atoms with Crippen LogP contribution in [0.25, 0.3) is 0 Å². The van der Waals surface area contributed by atoms with Crippen molar-refractivity contribution in [1.82, 2.24) is 19.9 Å². The van der Waals surface area contributed by atoms with E-state index in [1.165, 1.54) is 6.20 Å². The van der Waals surface area contributed by atoms with Gasteiger partial charge in [0.2, 0.25) is 0 Å². The van der Waals surface area contributed by atoms with E-state index in [0.29, 0.717) is 18.5 Å². The minimum absolute atomic E-state index is 0.00967. The summed E-state index contributed by atoms with van der Waals surface area (Å²) in [6.07, 6.45) is 1.45. The molecule has 96 valence electrons. The maximum Gasteiger partial charge on any atom is 0.358 e. The Balaban J connectivity index is 2.47. The van der Waals surface area contributed by atoms with Gasteiger partial charge in [-0.05, 0) is 19.9 Å². The zero-order chi connectivity index (χ0) is 13.0. The number of nitrogens with zero attached hydrogens (tertiary/aromatic N) is 4. The molecular formula is C11H20N4O2. The summed E-state index contributed by atoms with van der Waals surface area (Å²) in [7, 11) is 2.06. The summed E-state index contributed by atoms with van der Waals surface area (Å²) in [5.74, 6) is -0.453. The number of aromatic nitrogens is 3. The lowest BCUT2D eigenvalue weighted by molar-refractivity contribution is 0.0690. The molecule has 0 radical (unpaired) electrons. The maximum atomic E-state index is 10.6. The number of aromatic carboxylic acids is 1. The fraction of sp³-hybridized carbons (Fsp3) is 0.727. The van der Waals surface area contributed by atoms with Crippen LogP contribution in [-0.4, -0.2) is 50.6 Å². The molecule has 1 atom stereocenters.